The number of hydrogen-bond acceptors (Lipinski definition) is 3. The molecule has 1 atom stereocenters. The fraction of sp³-hybridized carbons (Fsp3) is 0.400. The third-order valence-corrected chi connectivity index (χ3v) is 5.86. The van der Waals surface area contributed by atoms with E-state index in [0.717, 1.165) is 23.3 Å². The zero-order valence-corrected chi connectivity index (χ0v) is 15.5. The van der Waals surface area contributed by atoms with E-state index in [1.54, 1.807) is 18.3 Å². The summed E-state index contributed by atoms with van der Waals surface area (Å²) < 4.78 is 0. The number of carbonyl (C=O) groups is 2. The summed E-state index contributed by atoms with van der Waals surface area (Å²) in [5, 5.41) is 5.30. The van der Waals surface area contributed by atoms with Gasteiger partial charge in [-0.1, -0.05) is 30.3 Å². The van der Waals surface area contributed by atoms with Gasteiger partial charge in [0.25, 0.3) is 0 Å². The monoisotopic (exact) mass is 356 g/mol. The van der Waals surface area contributed by atoms with Gasteiger partial charge >= 0.3 is 0 Å². The van der Waals surface area contributed by atoms with Gasteiger partial charge < -0.3 is 10.2 Å². The Morgan fingerprint density at radius 1 is 1.16 bits per heavy atom. The molecule has 132 valence electrons. The second-order valence-electron chi connectivity index (χ2n) is 6.59. The second-order valence-corrected chi connectivity index (χ2v) is 7.57. The van der Waals surface area contributed by atoms with Crippen molar-refractivity contribution in [2.24, 2.45) is 5.92 Å². The first-order chi connectivity index (χ1) is 12.1. The Kier molecular flexibility index (Phi) is 5.53. The Labute approximate surface area is 152 Å². The molecule has 2 aromatic rings. The maximum absolute atomic E-state index is 12.9. The second kappa shape index (κ2) is 7.83. The van der Waals surface area contributed by atoms with Gasteiger partial charge in [0.15, 0.2) is 0 Å². The van der Waals surface area contributed by atoms with Gasteiger partial charge in [0.2, 0.25) is 11.8 Å². The van der Waals surface area contributed by atoms with Crippen LogP contribution in [0, 0.1) is 12.8 Å². The number of nitrogens with zero attached hydrogens (tertiary/aromatic N) is 1. The summed E-state index contributed by atoms with van der Waals surface area (Å²) in [6.07, 6.45) is 1.46. The molecule has 0 unspecified atom stereocenters. The van der Waals surface area contributed by atoms with Crippen LogP contribution < -0.4 is 5.32 Å². The molecule has 0 bridgehead atoms. The molecule has 0 aliphatic carbocycles. The molecule has 1 N–H and O–H groups in total. The smallest absolute Gasteiger partial charge is 0.224 e. The normalized spacial score (nSPS) is 16.5. The summed E-state index contributed by atoms with van der Waals surface area (Å²) in [4.78, 5) is 27.3. The lowest BCUT2D eigenvalue weighted by Crippen LogP contribution is -2.43. The number of nitrogens with one attached hydrogen (secondary N) is 1. The number of benzene rings is 1. The molecule has 0 spiro atoms. The zero-order chi connectivity index (χ0) is 17.8. The largest absolute Gasteiger partial charge is 0.344 e. The van der Waals surface area contributed by atoms with Gasteiger partial charge in [-0.3, -0.25) is 9.59 Å². The van der Waals surface area contributed by atoms with Crippen molar-refractivity contribution in [2.45, 2.75) is 32.7 Å². The van der Waals surface area contributed by atoms with E-state index in [1.165, 1.54) is 5.56 Å². The average molecular weight is 356 g/mol. The van der Waals surface area contributed by atoms with Crippen molar-refractivity contribution in [2.75, 3.05) is 13.1 Å². The molecule has 1 saturated heterocycles. The molecule has 2 heterocycles. The van der Waals surface area contributed by atoms with Crippen LogP contribution in [0.1, 0.15) is 41.8 Å². The van der Waals surface area contributed by atoms with Crippen molar-refractivity contribution in [3.63, 3.8) is 0 Å². The van der Waals surface area contributed by atoms with E-state index in [1.807, 2.05) is 28.5 Å². The van der Waals surface area contributed by atoms with Crippen LogP contribution in [-0.2, 0) is 9.59 Å². The minimum atomic E-state index is -0.112. The van der Waals surface area contributed by atoms with Crippen molar-refractivity contribution in [3.8, 4) is 0 Å². The lowest BCUT2D eigenvalue weighted by atomic mass is 9.94. The van der Waals surface area contributed by atoms with E-state index in [4.69, 9.17) is 0 Å². The van der Waals surface area contributed by atoms with Crippen LogP contribution >= 0.6 is 11.3 Å². The molecule has 2 amide bonds. The van der Waals surface area contributed by atoms with Gasteiger partial charge in [0.05, 0.1) is 6.04 Å². The van der Waals surface area contributed by atoms with Gasteiger partial charge in [-0.25, -0.2) is 0 Å². The molecule has 1 aliphatic rings. The third kappa shape index (κ3) is 4.10. The summed E-state index contributed by atoms with van der Waals surface area (Å²) >= 11 is 1.66. The quantitative estimate of drug-likeness (QED) is 0.911. The predicted molar refractivity (Wildman–Crippen MR) is 100 cm³/mol. The summed E-state index contributed by atoms with van der Waals surface area (Å²) in [6, 6.07) is 12.2. The average Bonchev–Trinajstić information content (AvgIpc) is 3.14. The first-order valence-electron chi connectivity index (χ1n) is 8.71. The van der Waals surface area contributed by atoms with Crippen LogP contribution in [0.5, 0.6) is 0 Å². The maximum Gasteiger partial charge on any atom is 0.224 e. The number of aryl methyl sites for hydroxylation is 1. The zero-order valence-electron chi connectivity index (χ0n) is 14.7. The SMILES string of the molecule is CC(=O)N1CCC(C(=O)N[C@H](c2cccs2)c2ccccc2C)CC1. The van der Waals surface area contributed by atoms with Gasteiger partial charge in [0, 0.05) is 30.8 Å². The Balaban J connectivity index is 1.74. The van der Waals surface area contributed by atoms with E-state index < -0.39 is 0 Å². The molecule has 1 aliphatic heterocycles. The van der Waals surface area contributed by atoms with E-state index in [-0.39, 0.29) is 23.8 Å². The highest BCUT2D eigenvalue weighted by Crippen LogP contribution is 2.29. The molecule has 25 heavy (non-hydrogen) atoms. The molecule has 4 nitrogen and oxygen atoms in total. The highest BCUT2D eigenvalue weighted by Gasteiger charge is 2.28. The standard InChI is InChI=1S/C20H24N2O2S/c1-14-6-3-4-7-17(14)19(18-8-5-13-25-18)21-20(24)16-9-11-22(12-10-16)15(2)23/h3-8,13,16,19H,9-12H2,1-2H3,(H,21,24)/t19-/m0/s1. The predicted octanol–water partition coefficient (Wildman–Crippen LogP) is 3.52. The lowest BCUT2D eigenvalue weighted by Gasteiger charge is -2.31. The van der Waals surface area contributed by atoms with Crippen molar-refractivity contribution >= 4 is 23.2 Å². The first-order valence-corrected chi connectivity index (χ1v) is 9.59. The molecule has 1 aromatic carbocycles. The number of amides is 2. The number of thiophene rings is 1. The van der Waals surface area contributed by atoms with Crippen LogP contribution in [0.2, 0.25) is 0 Å². The van der Waals surface area contributed by atoms with Gasteiger partial charge in [0.1, 0.15) is 0 Å². The van der Waals surface area contributed by atoms with E-state index in [2.05, 4.69) is 30.4 Å². The molecule has 0 radical (unpaired) electrons. The van der Waals surface area contributed by atoms with Crippen LogP contribution in [0.15, 0.2) is 41.8 Å². The molecular weight excluding hydrogens is 332 g/mol. The molecule has 5 heteroatoms. The fourth-order valence-electron chi connectivity index (χ4n) is 3.39. The van der Waals surface area contributed by atoms with Gasteiger partial charge in [-0.2, -0.15) is 0 Å². The topological polar surface area (TPSA) is 49.4 Å². The van der Waals surface area contributed by atoms with E-state index in [0.29, 0.717) is 13.1 Å². The van der Waals surface area contributed by atoms with Crippen LogP contribution in [0.3, 0.4) is 0 Å². The number of likely N-dealkylation sites (tertiary alicyclic amines) is 1. The first kappa shape index (κ1) is 17.7. The molecule has 3 rings (SSSR count). The van der Waals surface area contributed by atoms with Crippen LogP contribution in [0.4, 0.5) is 0 Å². The number of hydrogen-bond donors (Lipinski definition) is 1. The Morgan fingerprint density at radius 2 is 1.88 bits per heavy atom. The van der Waals surface area contributed by atoms with E-state index >= 15 is 0 Å². The minimum absolute atomic E-state index is 0.0259. The molecular formula is C20H24N2O2S. The molecule has 0 saturated carbocycles. The summed E-state index contributed by atoms with van der Waals surface area (Å²) in [5.41, 5.74) is 2.31. The lowest BCUT2D eigenvalue weighted by molar-refractivity contribution is -0.134. The van der Waals surface area contributed by atoms with E-state index in [9.17, 15) is 9.59 Å². The van der Waals surface area contributed by atoms with Crippen molar-refractivity contribution in [1.29, 1.82) is 0 Å². The number of rotatable bonds is 4. The van der Waals surface area contributed by atoms with Gasteiger partial charge in [-0.05, 0) is 42.3 Å². The van der Waals surface area contributed by atoms with Crippen LogP contribution in [-0.4, -0.2) is 29.8 Å². The highest BCUT2D eigenvalue weighted by atomic mass is 32.1. The van der Waals surface area contributed by atoms with Crippen molar-refractivity contribution in [3.05, 3.63) is 57.8 Å². The van der Waals surface area contributed by atoms with Crippen molar-refractivity contribution in [1.82, 2.24) is 10.2 Å². The highest BCUT2D eigenvalue weighted by molar-refractivity contribution is 7.10. The maximum atomic E-state index is 12.9. The molecule has 1 fully saturated rings. The minimum Gasteiger partial charge on any atom is -0.344 e. The third-order valence-electron chi connectivity index (χ3n) is 4.92. The Bertz CT molecular complexity index is 734. The summed E-state index contributed by atoms with van der Waals surface area (Å²) in [6.45, 7) is 5.00. The van der Waals surface area contributed by atoms with Crippen LogP contribution in [0.25, 0.3) is 0 Å². The fourth-order valence-corrected chi connectivity index (χ4v) is 4.18. The summed E-state index contributed by atoms with van der Waals surface area (Å²) in [7, 11) is 0. The Hall–Kier alpha value is -2.14. The Morgan fingerprint density at radius 3 is 2.48 bits per heavy atom. The van der Waals surface area contributed by atoms with Crippen molar-refractivity contribution < 1.29 is 9.59 Å². The molecule has 1 aromatic heterocycles. The summed E-state index contributed by atoms with van der Waals surface area (Å²) in [5.74, 6) is 0.155. The number of piperidine rings is 1. The number of carbonyl (C=O) groups excluding carboxylic acids is 2. The van der Waals surface area contributed by atoms with Gasteiger partial charge in [-0.15, -0.1) is 11.3 Å².